The van der Waals surface area contributed by atoms with Gasteiger partial charge in [-0.1, -0.05) is 23.7 Å². The van der Waals surface area contributed by atoms with E-state index in [0.717, 1.165) is 0 Å². The molecule has 0 spiro atoms. The third kappa shape index (κ3) is 2.05. The van der Waals surface area contributed by atoms with Gasteiger partial charge in [0.25, 0.3) is 0 Å². The fraction of sp³-hybridized carbons (Fsp3) is 0.231. The molecule has 1 aliphatic heterocycles. The van der Waals surface area contributed by atoms with E-state index in [4.69, 9.17) is 11.6 Å². The highest BCUT2D eigenvalue weighted by Crippen LogP contribution is 2.32. The van der Waals surface area contributed by atoms with E-state index in [0.29, 0.717) is 27.2 Å². The number of carboxylic acids is 1. The van der Waals surface area contributed by atoms with Crippen LogP contribution in [0.25, 0.3) is 10.9 Å². The number of benzene rings is 1. The molecule has 20 heavy (non-hydrogen) atoms. The molecule has 0 unspecified atom stereocenters. The third-order valence-corrected chi connectivity index (χ3v) is 5.24. The van der Waals surface area contributed by atoms with Gasteiger partial charge in [-0.2, -0.15) is 0 Å². The smallest absolute Gasteiger partial charge is 0.336 e. The van der Waals surface area contributed by atoms with E-state index in [1.165, 1.54) is 0 Å². The van der Waals surface area contributed by atoms with Crippen molar-refractivity contribution in [3.05, 3.63) is 40.0 Å². The summed E-state index contributed by atoms with van der Waals surface area (Å²) in [5.41, 5.74) is 1.21. The summed E-state index contributed by atoms with van der Waals surface area (Å²) in [6.45, 7) is 0. The summed E-state index contributed by atoms with van der Waals surface area (Å²) >= 11 is 6.06. The summed E-state index contributed by atoms with van der Waals surface area (Å²) in [6, 6.07) is 4.86. The molecule has 5 nitrogen and oxygen atoms in total. The van der Waals surface area contributed by atoms with Crippen LogP contribution < -0.4 is 0 Å². The molecule has 2 aromatic rings. The van der Waals surface area contributed by atoms with Gasteiger partial charge in [0.2, 0.25) is 0 Å². The Balaban J connectivity index is 2.44. The van der Waals surface area contributed by atoms with Gasteiger partial charge < -0.3 is 5.11 Å². The Morgan fingerprint density at radius 1 is 1.35 bits per heavy atom. The minimum atomic E-state index is -3.27. The number of halogens is 1. The van der Waals surface area contributed by atoms with Crippen LogP contribution in [-0.2, 0) is 22.0 Å². The first-order chi connectivity index (χ1) is 9.39. The lowest BCUT2D eigenvalue weighted by Gasteiger charge is -2.19. The average Bonchev–Trinajstić information content (AvgIpc) is 2.35. The Morgan fingerprint density at radius 2 is 2.10 bits per heavy atom. The molecule has 3 rings (SSSR count). The minimum Gasteiger partial charge on any atom is -0.478 e. The number of carbonyl (C=O) groups is 1. The first kappa shape index (κ1) is 13.3. The summed E-state index contributed by atoms with van der Waals surface area (Å²) in [6.07, 6.45) is 0.221. The number of rotatable bonds is 1. The van der Waals surface area contributed by atoms with Crippen molar-refractivity contribution < 1.29 is 18.3 Å². The van der Waals surface area contributed by atoms with Crippen LogP contribution in [0, 0.1) is 0 Å². The van der Waals surface area contributed by atoms with Crippen LogP contribution >= 0.6 is 11.6 Å². The van der Waals surface area contributed by atoms with Crippen LogP contribution in [0.5, 0.6) is 0 Å². The van der Waals surface area contributed by atoms with Crippen LogP contribution in [0.2, 0.25) is 5.02 Å². The van der Waals surface area contributed by atoms with Crippen LogP contribution in [-0.4, -0.2) is 30.2 Å². The molecule has 0 saturated heterocycles. The second-order valence-electron chi connectivity index (χ2n) is 4.70. The molecule has 0 atom stereocenters. The van der Waals surface area contributed by atoms with Gasteiger partial charge in [0.1, 0.15) is 0 Å². The predicted octanol–water partition coefficient (Wildman–Crippen LogP) is 2.06. The van der Waals surface area contributed by atoms with Gasteiger partial charge in [-0.05, 0) is 6.07 Å². The predicted molar refractivity (Wildman–Crippen MR) is 74.9 cm³/mol. The van der Waals surface area contributed by atoms with Gasteiger partial charge >= 0.3 is 5.97 Å². The number of para-hydroxylation sites is 1. The number of aryl methyl sites for hydroxylation is 1. The van der Waals surface area contributed by atoms with Crippen LogP contribution in [0.3, 0.4) is 0 Å². The SMILES string of the molecule is O=C(O)c1c2c(nc3c(Cl)cccc13)CCS(=O)(=O)C2. The van der Waals surface area contributed by atoms with Crippen molar-refractivity contribution in [3.63, 3.8) is 0 Å². The number of aromatic nitrogens is 1. The number of nitrogens with zero attached hydrogens (tertiary/aromatic N) is 1. The molecule has 0 saturated carbocycles. The first-order valence-corrected chi connectivity index (χ1v) is 8.13. The van der Waals surface area contributed by atoms with E-state index in [-0.39, 0.29) is 23.5 Å². The van der Waals surface area contributed by atoms with E-state index in [1.54, 1.807) is 18.2 Å². The van der Waals surface area contributed by atoms with Gasteiger partial charge in [0.15, 0.2) is 9.84 Å². The monoisotopic (exact) mass is 311 g/mol. The third-order valence-electron chi connectivity index (χ3n) is 3.38. The zero-order chi connectivity index (χ0) is 14.5. The normalized spacial score (nSPS) is 16.9. The van der Waals surface area contributed by atoms with Crippen LogP contribution in [0.15, 0.2) is 18.2 Å². The summed E-state index contributed by atoms with van der Waals surface area (Å²) < 4.78 is 23.5. The maximum Gasteiger partial charge on any atom is 0.336 e. The van der Waals surface area contributed by atoms with E-state index < -0.39 is 15.8 Å². The highest BCUT2D eigenvalue weighted by Gasteiger charge is 2.29. The van der Waals surface area contributed by atoms with Crippen LogP contribution in [0.1, 0.15) is 21.6 Å². The average molecular weight is 312 g/mol. The lowest BCUT2D eigenvalue weighted by Crippen LogP contribution is -2.23. The number of hydrogen-bond acceptors (Lipinski definition) is 4. The molecule has 1 N–H and O–H groups in total. The second kappa shape index (κ2) is 4.43. The Morgan fingerprint density at radius 3 is 2.80 bits per heavy atom. The Labute approximate surface area is 120 Å². The van der Waals surface area contributed by atoms with Gasteiger partial charge in [0, 0.05) is 23.1 Å². The van der Waals surface area contributed by atoms with Crippen molar-refractivity contribution in [3.8, 4) is 0 Å². The zero-order valence-corrected chi connectivity index (χ0v) is 11.8. The van der Waals surface area contributed by atoms with Crippen molar-refractivity contribution >= 4 is 38.3 Å². The molecule has 1 aromatic heterocycles. The molecule has 0 bridgehead atoms. The topological polar surface area (TPSA) is 84.3 Å². The van der Waals surface area contributed by atoms with E-state index in [9.17, 15) is 18.3 Å². The van der Waals surface area contributed by atoms with Gasteiger partial charge in [-0.15, -0.1) is 0 Å². The summed E-state index contributed by atoms with van der Waals surface area (Å²) in [7, 11) is -3.27. The van der Waals surface area contributed by atoms with Crippen molar-refractivity contribution in [2.75, 3.05) is 5.75 Å². The summed E-state index contributed by atoms with van der Waals surface area (Å²) in [5.74, 6) is -1.45. The molecule has 0 radical (unpaired) electrons. The van der Waals surface area contributed by atoms with Crippen LogP contribution in [0.4, 0.5) is 0 Å². The Hall–Kier alpha value is -1.66. The highest BCUT2D eigenvalue weighted by molar-refractivity contribution is 7.90. The van der Waals surface area contributed by atoms with Gasteiger partial charge in [-0.25, -0.2) is 13.2 Å². The number of sulfone groups is 1. The fourth-order valence-electron chi connectivity index (χ4n) is 2.49. The van der Waals surface area contributed by atoms with Crippen molar-refractivity contribution in [1.29, 1.82) is 0 Å². The minimum absolute atomic E-state index is 0.00391. The van der Waals surface area contributed by atoms with Gasteiger partial charge in [0.05, 0.1) is 27.6 Å². The zero-order valence-electron chi connectivity index (χ0n) is 10.3. The van der Waals surface area contributed by atoms with E-state index in [1.807, 2.05) is 0 Å². The summed E-state index contributed by atoms with van der Waals surface area (Å²) in [4.78, 5) is 15.9. The molecular weight excluding hydrogens is 302 g/mol. The van der Waals surface area contributed by atoms with E-state index >= 15 is 0 Å². The maximum atomic E-state index is 11.7. The molecule has 2 heterocycles. The molecular formula is C13H10ClNO4S. The number of aromatic carboxylic acids is 1. The first-order valence-electron chi connectivity index (χ1n) is 5.93. The number of hydrogen-bond donors (Lipinski definition) is 1. The van der Waals surface area contributed by atoms with Crippen molar-refractivity contribution in [1.82, 2.24) is 4.98 Å². The van der Waals surface area contributed by atoms with E-state index in [2.05, 4.69) is 4.98 Å². The molecule has 0 aliphatic carbocycles. The molecule has 104 valence electrons. The van der Waals surface area contributed by atoms with Crippen molar-refractivity contribution in [2.45, 2.75) is 12.2 Å². The molecule has 0 amide bonds. The number of carboxylic acid groups (broad SMARTS) is 1. The largest absolute Gasteiger partial charge is 0.478 e. The second-order valence-corrected chi connectivity index (χ2v) is 7.29. The molecule has 1 aliphatic rings. The highest BCUT2D eigenvalue weighted by atomic mass is 35.5. The number of fused-ring (bicyclic) bond motifs is 2. The maximum absolute atomic E-state index is 11.7. The lowest BCUT2D eigenvalue weighted by molar-refractivity contribution is 0.0698. The fourth-order valence-corrected chi connectivity index (χ4v) is 4.11. The molecule has 0 fully saturated rings. The van der Waals surface area contributed by atoms with Crippen molar-refractivity contribution in [2.24, 2.45) is 0 Å². The standard InChI is InChI=1S/C13H10ClNO4S/c14-9-3-1-2-7-11(13(16)17)8-6-20(18,19)5-4-10(8)15-12(7)9/h1-3H,4-6H2,(H,16,17). The quantitative estimate of drug-likeness (QED) is 0.871. The Bertz CT molecular complexity index is 845. The Kier molecular flexibility index (Phi) is 2.95. The molecule has 1 aromatic carbocycles. The number of pyridine rings is 1. The lowest BCUT2D eigenvalue weighted by atomic mass is 10.00. The summed E-state index contributed by atoms with van der Waals surface area (Å²) in [5, 5.41) is 10.2. The van der Waals surface area contributed by atoms with Gasteiger partial charge in [-0.3, -0.25) is 4.98 Å². The molecule has 7 heteroatoms.